The van der Waals surface area contributed by atoms with Gasteiger partial charge in [-0.1, -0.05) is 17.7 Å². The van der Waals surface area contributed by atoms with Gasteiger partial charge in [0.15, 0.2) is 0 Å². The first-order chi connectivity index (χ1) is 7.49. The van der Waals surface area contributed by atoms with Crippen molar-refractivity contribution >= 4 is 21.4 Å². The summed E-state index contributed by atoms with van der Waals surface area (Å²) in [6.07, 6.45) is 3.48. The summed E-state index contributed by atoms with van der Waals surface area (Å²) in [5.74, 6) is 0.209. The number of pyridine rings is 1. The lowest BCUT2D eigenvalue weighted by Gasteiger charge is -2.05. The van der Waals surface area contributed by atoms with E-state index in [0.717, 1.165) is 5.56 Å². The Labute approximate surface area is 101 Å². The Morgan fingerprint density at radius 1 is 1.50 bits per heavy atom. The number of hydrogen-bond acceptors (Lipinski definition) is 4. The number of hydrogen-bond donors (Lipinski definition) is 1. The highest BCUT2D eigenvalue weighted by molar-refractivity contribution is 7.90. The maximum absolute atomic E-state index is 10.9. The quantitative estimate of drug-likeness (QED) is 0.619. The van der Waals surface area contributed by atoms with Crippen LogP contribution in [0, 0.1) is 0 Å². The van der Waals surface area contributed by atoms with Gasteiger partial charge in [0, 0.05) is 24.6 Å². The van der Waals surface area contributed by atoms with Crippen molar-refractivity contribution in [1.82, 2.24) is 10.3 Å². The van der Waals surface area contributed by atoms with Gasteiger partial charge >= 0.3 is 0 Å². The maximum Gasteiger partial charge on any atom is 0.147 e. The first-order valence-corrected chi connectivity index (χ1v) is 7.41. The summed E-state index contributed by atoms with van der Waals surface area (Å²) in [4.78, 5) is 3.95. The smallest absolute Gasteiger partial charge is 0.147 e. The van der Waals surface area contributed by atoms with Crippen LogP contribution in [-0.4, -0.2) is 32.0 Å². The number of nitrogens with one attached hydrogen (secondary N) is 1. The lowest BCUT2D eigenvalue weighted by molar-refractivity contribution is 0.594. The maximum atomic E-state index is 10.9. The number of aromatic nitrogens is 1. The average molecular weight is 263 g/mol. The monoisotopic (exact) mass is 262 g/mol. The Kier molecular flexibility index (Phi) is 5.18. The lowest BCUT2D eigenvalue weighted by atomic mass is 10.3. The van der Waals surface area contributed by atoms with Crippen LogP contribution in [0.5, 0.6) is 0 Å². The van der Waals surface area contributed by atoms with Crippen molar-refractivity contribution < 1.29 is 8.42 Å². The van der Waals surface area contributed by atoms with Crippen molar-refractivity contribution in [1.29, 1.82) is 0 Å². The lowest BCUT2D eigenvalue weighted by Crippen LogP contribution is -2.18. The minimum absolute atomic E-state index is 0.209. The number of rotatable bonds is 6. The molecule has 0 fully saturated rings. The summed E-state index contributed by atoms with van der Waals surface area (Å²) < 4.78 is 21.7. The molecule has 0 bridgehead atoms. The van der Waals surface area contributed by atoms with Crippen molar-refractivity contribution in [3.8, 4) is 0 Å². The Bertz CT molecular complexity index is 434. The topological polar surface area (TPSA) is 59.1 Å². The number of nitrogens with zero attached hydrogens (tertiary/aromatic N) is 1. The molecule has 0 atom stereocenters. The summed E-state index contributed by atoms with van der Waals surface area (Å²) in [6.45, 7) is 1.26. The molecule has 16 heavy (non-hydrogen) atoms. The minimum atomic E-state index is -2.86. The average Bonchev–Trinajstić information content (AvgIpc) is 2.18. The van der Waals surface area contributed by atoms with Gasteiger partial charge in [-0.3, -0.25) is 0 Å². The van der Waals surface area contributed by atoms with Crippen LogP contribution in [0.2, 0.25) is 5.15 Å². The van der Waals surface area contributed by atoms with E-state index in [2.05, 4.69) is 10.3 Å². The zero-order valence-corrected chi connectivity index (χ0v) is 10.7. The second-order valence-electron chi connectivity index (χ2n) is 3.61. The third kappa shape index (κ3) is 5.44. The third-order valence-corrected chi connectivity index (χ3v) is 3.39. The van der Waals surface area contributed by atoms with E-state index in [1.165, 1.54) is 6.26 Å². The second-order valence-corrected chi connectivity index (χ2v) is 6.23. The van der Waals surface area contributed by atoms with Gasteiger partial charge in [-0.15, -0.1) is 0 Å². The van der Waals surface area contributed by atoms with Crippen LogP contribution in [0.3, 0.4) is 0 Å². The Morgan fingerprint density at radius 3 is 2.88 bits per heavy atom. The Hall–Kier alpha value is -0.650. The van der Waals surface area contributed by atoms with Gasteiger partial charge in [-0.25, -0.2) is 13.4 Å². The van der Waals surface area contributed by atoms with Crippen molar-refractivity contribution in [3.63, 3.8) is 0 Å². The van der Waals surface area contributed by atoms with Crippen molar-refractivity contribution in [2.45, 2.75) is 13.0 Å². The summed E-state index contributed by atoms with van der Waals surface area (Å²) in [5.41, 5.74) is 0.920. The van der Waals surface area contributed by atoms with Crippen molar-refractivity contribution in [3.05, 3.63) is 29.0 Å². The summed E-state index contributed by atoms with van der Waals surface area (Å²) in [5, 5.41) is 3.61. The zero-order chi connectivity index (χ0) is 12.0. The van der Waals surface area contributed by atoms with Crippen LogP contribution in [0.25, 0.3) is 0 Å². The standard InChI is InChI=1S/C10H15ClN2O2S/c1-16(14,15)7-3-5-12-8-9-4-2-6-13-10(9)11/h2,4,6,12H,3,5,7-8H2,1H3. The van der Waals surface area contributed by atoms with E-state index in [9.17, 15) is 8.42 Å². The van der Waals surface area contributed by atoms with Crippen molar-refractivity contribution in [2.24, 2.45) is 0 Å². The van der Waals surface area contributed by atoms with Crippen LogP contribution in [-0.2, 0) is 16.4 Å². The molecule has 0 saturated carbocycles. The second kappa shape index (κ2) is 6.18. The molecule has 0 amide bonds. The highest BCUT2D eigenvalue weighted by Gasteiger charge is 2.02. The summed E-state index contributed by atoms with van der Waals surface area (Å²) in [6, 6.07) is 3.71. The molecule has 0 spiro atoms. The van der Waals surface area contributed by atoms with Gasteiger partial charge in [-0.05, 0) is 19.0 Å². The Balaban J connectivity index is 2.24. The minimum Gasteiger partial charge on any atom is -0.313 e. The first-order valence-electron chi connectivity index (χ1n) is 4.97. The molecular weight excluding hydrogens is 248 g/mol. The molecule has 0 radical (unpaired) electrons. The summed E-state index contributed by atoms with van der Waals surface area (Å²) >= 11 is 5.86. The fourth-order valence-electron chi connectivity index (χ4n) is 1.23. The van der Waals surface area contributed by atoms with Crippen LogP contribution in [0.15, 0.2) is 18.3 Å². The van der Waals surface area contributed by atoms with Gasteiger partial charge in [0.1, 0.15) is 15.0 Å². The molecule has 4 nitrogen and oxygen atoms in total. The molecule has 0 aliphatic carbocycles. The summed E-state index contributed by atoms with van der Waals surface area (Å²) in [7, 11) is -2.86. The van der Waals surface area contributed by atoms with Gasteiger partial charge in [-0.2, -0.15) is 0 Å². The molecule has 0 saturated heterocycles. The van der Waals surface area contributed by atoms with E-state index in [-0.39, 0.29) is 5.75 Å². The van der Waals surface area contributed by atoms with E-state index in [0.29, 0.717) is 24.7 Å². The van der Waals surface area contributed by atoms with Gasteiger partial charge in [0.2, 0.25) is 0 Å². The molecule has 1 N–H and O–H groups in total. The first kappa shape index (κ1) is 13.4. The van der Waals surface area contributed by atoms with Crippen LogP contribution in [0.4, 0.5) is 0 Å². The molecule has 1 aromatic heterocycles. The molecular formula is C10H15ClN2O2S. The molecule has 0 aromatic carbocycles. The van der Waals surface area contributed by atoms with Crippen molar-refractivity contribution in [2.75, 3.05) is 18.6 Å². The molecule has 90 valence electrons. The zero-order valence-electron chi connectivity index (χ0n) is 9.11. The molecule has 1 aromatic rings. The molecule has 0 unspecified atom stereocenters. The third-order valence-electron chi connectivity index (χ3n) is 2.02. The van der Waals surface area contributed by atoms with E-state index >= 15 is 0 Å². The number of sulfone groups is 1. The highest BCUT2D eigenvalue weighted by Crippen LogP contribution is 2.10. The predicted molar refractivity (Wildman–Crippen MR) is 65.3 cm³/mol. The largest absolute Gasteiger partial charge is 0.313 e. The predicted octanol–water partition coefficient (Wildman–Crippen LogP) is 1.26. The Morgan fingerprint density at radius 2 is 2.25 bits per heavy atom. The van der Waals surface area contributed by atoms with Gasteiger partial charge in [0.05, 0.1) is 5.75 Å². The van der Waals surface area contributed by atoms with E-state index in [4.69, 9.17) is 11.6 Å². The molecule has 1 rings (SSSR count). The fraction of sp³-hybridized carbons (Fsp3) is 0.500. The van der Waals surface area contributed by atoms with E-state index in [1.807, 2.05) is 12.1 Å². The molecule has 1 heterocycles. The van der Waals surface area contributed by atoms with Gasteiger partial charge < -0.3 is 5.32 Å². The molecule has 6 heteroatoms. The van der Waals surface area contributed by atoms with Crippen LogP contribution in [0.1, 0.15) is 12.0 Å². The highest BCUT2D eigenvalue weighted by atomic mass is 35.5. The van der Waals surface area contributed by atoms with Crippen LogP contribution < -0.4 is 5.32 Å². The van der Waals surface area contributed by atoms with Crippen LogP contribution >= 0.6 is 11.6 Å². The molecule has 0 aliphatic rings. The number of halogens is 1. The molecule has 0 aliphatic heterocycles. The fourth-order valence-corrected chi connectivity index (χ4v) is 2.09. The normalized spacial score (nSPS) is 11.6. The van der Waals surface area contributed by atoms with E-state index in [1.54, 1.807) is 6.20 Å². The van der Waals surface area contributed by atoms with E-state index < -0.39 is 9.84 Å². The SMILES string of the molecule is CS(=O)(=O)CCCNCc1cccnc1Cl. The van der Waals surface area contributed by atoms with Gasteiger partial charge in [0.25, 0.3) is 0 Å².